The molecule has 1 aromatic heterocycles. The number of aliphatic hydroxyl groups is 1. The van der Waals surface area contributed by atoms with Gasteiger partial charge in [-0.05, 0) is 42.3 Å². The summed E-state index contributed by atoms with van der Waals surface area (Å²) in [6, 6.07) is 11.8. The Balaban J connectivity index is 1.96. The fourth-order valence-electron chi connectivity index (χ4n) is 2.28. The minimum Gasteiger partial charge on any atom is -0.481 e. The molecule has 0 saturated carbocycles. The van der Waals surface area contributed by atoms with Crippen LogP contribution in [0.4, 0.5) is 0 Å². The van der Waals surface area contributed by atoms with Crippen molar-refractivity contribution in [3.63, 3.8) is 0 Å². The topological polar surface area (TPSA) is 83.6 Å². The zero-order chi connectivity index (χ0) is 16.6. The first kappa shape index (κ1) is 15.5. The van der Waals surface area contributed by atoms with E-state index in [2.05, 4.69) is 4.98 Å². The molecule has 2 unspecified atom stereocenters. The van der Waals surface area contributed by atoms with Gasteiger partial charge in [-0.3, -0.25) is 4.79 Å². The van der Waals surface area contributed by atoms with E-state index in [1.54, 1.807) is 49.4 Å². The molecule has 0 aliphatic heterocycles. The number of fused-ring (bicyclic) bond motifs is 1. The lowest BCUT2D eigenvalue weighted by Crippen LogP contribution is -2.06. The maximum absolute atomic E-state index is 11.1. The number of aromatic nitrogens is 1. The molecule has 6 heteroatoms. The zero-order valence-corrected chi connectivity index (χ0v) is 13.0. The van der Waals surface area contributed by atoms with Gasteiger partial charge in [0.1, 0.15) is 5.52 Å². The molecule has 0 spiro atoms. The normalized spacial score (nSPS) is 13.9. The first-order valence-electron chi connectivity index (χ1n) is 7.02. The third-order valence-electron chi connectivity index (χ3n) is 3.72. The number of hydrogen-bond donors (Lipinski definition) is 2. The molecular formula is C17H14ClNO4. The molecule has 0 radical (unpaired) electrons. The second kappa shape index (κ2) is 6.02. The van der Waals surface area contributed by atoms with Crippen LogP contribution in [0, 0.1) is 0 Å². The molecule has 0 aliphatic rings. The van der Waals surface area contributed by atoms with Crippen LogP contribution in [0.3, 0.4) is 0 Å². The summed E-state index contributed by atoms with van der Waals surface area (Å²) in [5, 5.41) is 20.0. The Bertz CT molecular complexity index is 857. The number of hydrogen-bond acceptors (Lipinski definition) is 4. The first-order valence-corrected chi connectivity index (χ1v) is 7.40. The average Bonchev–Trinajstić information content (AvgIpc) is 2.97. The lowest BCUT2D eigenvalue weighted by molar-refractivity contribution is -0.138. The van der Waals surface area contributed by atoms with Crippen LogP contribution in [0.1, 0.15) is 36.0 Å². The summed E-state index contributed by atoms with van der Waals surface area (Å²) in [6.07, 6.45) is -1.01. The van der Waals surface area contributed by atoms with Crippen molar-refractivity contribution in [3.8, 4) is 0 Å². The Kier molecular flexibility index (Phi) is 4.07. The third-order valence-corrected chi connectivity index (χ3v) is 3.97. The second-order valence-electron chi connectivity index (χ2n) is 5.29. The molecule has 0 aliphatic carbocycles. The van der Waals surface area contributed by atoms with E-state index >= 15 is 0 Å². The van der Waals surface area contributed by atoms with Crippen LogP contribution < -0.4 is 0 Å². The van der Waals surface area contributed by atoms with Gasteiger partial charge in [0.2, 0.25) is 5.89 Å². The van der Waals surface area contributed by atoms with Gasteiger partial charge in [0.15, 0.2) is 11.7 Å². The Labute approximate surface area is 137 Å². The number of rotatable bonds is 4. The number of carboxylic acid groups (broad SMARTS) is 1. The lowest BCUT2D eigenvalue weighted by Gasteiger charge is -2.06. The van der Waals surface area contributed by atoms with Gasteiger partial charge in [-0.25, -0.2) is 4.98 Å². The maximum atomic E-state index is 11.1. The number of aliphatic hydroxyl groups excluding tert-OH is 1. The van der Waals surface area contributed by atoms with Gasteiger partial charge >= 0.3 is 5.97 Å². The van der Waals surface area contributed by atoms with Gasteiger partial charge in [0, 0.05) is 5.02 Å². The molecule has 0 fully saturated rings. The summed E-state index contributed by atoms with van der Waals surface area (Å²) in [6.45, 7) is 1.60. The maximum Gasteiger partial charge on any atom is 0.310 e. The van der Waals surface area contributed by atoms with Crippen molar-refractivity contribution in [2.75, 3.05) is 0 Å². The van der Waals surface area contributed by atoms with Crippen LogP contribution in [0.2, 0.25) is 5.02 Å². The van der Waals surface area contributed by atoms with Crippen molar-refractivity contribution in [2.24, 2.45) is 0 Å². The van der Waals surface area contributed by atoms with E-state index in [1.165, 1.54) is 0 Å². The third kappa shape index (κ3) is 3.06. The number of oxazole rings is 1. The summed E-state index contributed by atoms with van der Waals surface area (Å²) in [4.78, 5) is 15.3. The highest BCUT2D eigenvalue weighted by Gasteiger charge is 2.19. The largest absolute Gasteiger partial charge is 0.481 e. The summed E-state index contributed by atoms with van der Waals surface area (Å²) >= 11 is 5.83. The van der Waals surface area contributed by atoms with E-state index in [4.69, 9.17) is 21.1 Å². The van der Waals surface area contributed by atoms with Crippen LogP contribution in [0.5, 0.6) is 0 Å². The Morgan fingerprint density at radius 1 is 1.17 bits per heavy atom. The van der Waals surface area contributed by atoms with Gasteiger partial charge in [-0.1, -0.05) is 29.8 Å². The van der Waals surface area contributed by atoms with Gasteiger partial charge in [0.05, 0.1) is 5.92 Å². The quantitative estimate of drug-likeness (QED) is 0.760. The van der Waals surface area contributed by atoms with Crippen molar-refractivity contribution < 1.29 is 19.4 Å². The standard InChI is InChI=1S/C17H14ClNO4/c1-9(17(21)22)11-4-7-13-14(8-11)23-16(19-13)15(20)10-2-5-12(18)6-3-10/h2-9,15,20H,1H3,(H,21,22). The lowest BCUT2D eigenvalue weighted by atomic mass is 10.0. The summed E-state index contributed by atoms with van der Waals surface area (Å²) in [5.41, 5.74) is 2.24. The van der Waals surface area contributed by atoms with E-state index in [0.29, 0.717) is 27.2 Å². The number of benzene rings is 2. The van der Waals surface area contributed by atoms with Crippen LogP contribution in [0.25, 0.3) is 11.1 Å². The van der Waals surface area contributed by atoms with Gasteiger partial charge in [-0.2, -0.15) is 0 Å². The van der Waals surface area contributed by atoms with Crippen LogP contribution in [-0.2, 0) is 4.79 Å². The highest BCUT2D eigenvalue weighted by Crippen LogP contribution is 2.28. The van der Waals surface area contributed by atoms with Gasteiger partial charge < -0.3 is 14.6 Å². The first-order chi connectivity index (χ1) is 11.0. The molecule has 2 atom stereocenters. The highest BCUT2D eigenvalue weighted by atomic mass is 35.5. The van der Waals surface area contributed by atoms with E-state index in [0.717, 1.165) is 0 Å². The molecule has 2 N–H and O–H groups in total. The van der Waals surface area contributed by atoms with Crippen LogP contribution >= 0.6 is 11.6 Å². The minimum atomic E-state index is -1.01. The molecule has 5 nitrogen and oxygen atoms in total. The van der Waals surface area contributed by atoms with Crippen LogP contribution in [0.15, 0.2) is 46.9 Å². The second-order valence-corrected chi connectivity index (χ2v) is 5.73. The number of halogens is 1. The smallest absolute Gasteiger partial charge is 0.310 e. The molecule has 3 aromatic rings. The van der Waals surface area contributed by atoms with E-state index in [1.807, 2.05) is 0 Å². The molecule has 2 aromatic carbocycles. The van der Waals surface area contributed by atoms with E-state index < -0.39 is 18.0 Å². The average molecular weight is 332 g/mol. The van der Waals surface area contributed by atoms with Crippen molar-refractivity contribution in [2.45, 2.75) is 18.9 Å². The molecule has 3 rings (SSSR count). The fourth-order valence-corrected chi connectivity index (χ4v) is 2.40. The fraction of sp³-hybridized carbons (Fsp3) is 0.176. The monoisotopic (exact) mass is 331 g/mol. The van der Waals surface area contributed by atoms with Crippen molar-refractivity contribution in [1.82, 2.24) is 4.98 Å². The SMILES string of the molecule is CC(C(=O)O)c1ccc2nc(C(O)c3ccc(Cl)cc3)oc2c1. The number of carbonyl (C=O) groups is 1. The molecule has 118 valence electrons. The van der Waals surface area contributed by atoms with Gasteiger partial charge in [-0.15, -0.1) is 0 Å². The predicted molar refractivity (Wildman–Crippen MR) is 85.6 cm³/mol. The Morgan fingerprint density at radius 2 is 1.83 bits per heavy atom. The number of nitrogens with zero attached hydrogens (tertiary/aromatic N) is 1. The van der Waals surface area contributed by atoms with Crippen LogP contribution in [-0.4, -0.2) is 21.2 Å². The van der Waals surface area contributed by atoms with Crippen molar-refractivity contribution >= 4 is 28.7 Å². The van der Waals surface area contributed by atoms with Crippen molar-refractivity contribution in [3.05, 3.63) is 64.5 Å². The minimum absolute atomic E-state index is 0.155. The molecule has 0 bridgehead atoms. The molecule has 1 heterocycles. The van der Waals surface area contributed by atoms with Crippen molar-refractivity contribution in [1.29, 1.82) is 0 Å². The summed E-state index contributed by atoms with van der Waals surface area (Å²) in [5.74, 6) is -1.40. The number of carboxylic acids is 1. The Hall–Kier alpha value is -2.37. The van der Waals surface area contributed by atoms with Gasteiger partial charge in [0.25, 0.3) is 0 Å². The zero-order valence-electron chi connectivity index (χ0n) is 12.2. The summed E-state index contributed by atoms with van der Waals surface area (Å²) < 4.78 is 5.60. The highest BCUT2D eigenvalue weighted by molar-refractivity contribution is 6.30. The molecule has 23 heavy (non-hydrogen) atoms. The Morgan fingerprint density at radius 3 is 2.48 bits per heavy atom. The molecule has 0 amide bonds. The predicted octanol–water partition coefficient (Wildman–Crippen LogP) is 3.75. The molecular weight excluding hydrogens is 318 g/mol. The molecule has 0 saturated heterocycles. The van der Waals surface area contributed by atoms with E-state index in [-0.39, 0.29) is 5.89 Å². The van der Waals surface area contributed by atoms with E-state index in [9.17, 15) is 9.90 Å². The number of aliphatic carboxylic acids is 1. The summed E-state index contributed by atoms with van der Waals surface area (Å²) in [7, 11) is 0.